The van der Waals surface area contributed by atoms with Crippen LogP contribution >= 0.6 is 0 Å². The summed E-state index contributed by atoms with van der Waals surface area (Å²) in [5.41, 5.74) is 4.38. The predicted octanol–water partition coefficient (Wildman–Crippen LogP) is 1.79. The molecule has 1 aliphatic rings. The van der Waals surface area contributed by atoms with E-state index in [0.717, 1.165) is 35.7 Å². The predicted molar refractivity (Wildman–Crippen MR) is 92.4 cm³/mol. The van der Waals surface area contributed by atoms with Crippen molar-refractivity contribution >= 4 is 22.7 Å². The summed E-state index contributed by atoms with van der Waals surface area (Å²) in [4.78, 5) is 32.5. The van der Waals surface area contributed by atoms with Crippen molar-refractivity contribution in [2.75, 3.05) is 6.61 Å². The van der Waals surface area contributed by atoms with Gasteiger partial charge in [0, 0.05) is 43.5 Å². The van der Waals surface area contributed by atoms with E-state index in [0.29, 0.717) is 13.0 Å². The van der Waals surface area contributed by atoms with Crippen molar-refractivity contribution in [2.24, 2.45) is 0 Å². The number of benzene rings is 1. The highest BCUT2D eigenvalue weighted by Gasteiger charge is 2.23. The fourth-order valence-electron chi connectivity index (χ4n) is 2.97. The molecular formula is C18H23N3O4. The van der Waals surface area contributed by atoms with Crippen molar-refractivity contribution in [3.63, 3.8) is 0 Å². The van der Waals surface area contributed by atoms with E-state index in [-0.39, 0.29) is 5.91 Å². The Morgan fingerprint density at radius 1 is 1.36 bits per heavy atom. The number of hydrogen-bond donors (Lipinski definition) is 3. The first-order chi connectivity index (χ1) is 12.1. The Labute approximate surface area is 146 Å². The molecule has 2 amide bonds. The number of aromatic nitrogens is 1. The number of nitrogens with one attached hydrogen (secondary N) is 3. The molecule has 0 spiro atoms. The van der Waals surface area contributed by atoms with Crippen LogP contribution in [0.15, 0.2) is 30.5 Å². The van der Waals surface area contributed by atoms with Gasteiger partial charge in [0.25, 0.3) is 5.91 Å². The summed E-state index contributed by atoms with van der Waals surface area (Å²) in [7, 11) is 0. The molecule has 134 valence electrons. The molecular weight excluding hydrogens is 322 g/mol. The second-order valence-electron chi connectivity index (χ2n) is 6.20. The third kappa shape index (κ3) is 4.58. The molecule has 1 aromatic heterocycles. The summed E-state index contributed by atoms with van der Waals surface area (Å²) >= 11 is 0. The molecule has 3 rings (SSSR count). The first-order valence-electron chi connectivity index (χ1n) is 8.52. The Morgan fingerprint density at radius 3 is 2.96 bits per heavy atom. The molecule has 3 N–H and O–H groups in total. The number of rotatable bonds is 6. The van der Waals surface area contributed by atoms with E-state index < -0.39 is 18.2 Å². The van der Waals surface area contributed by atoms with Gasteiger partial charge >= 0.3 is 0 Å². The van der Waals surface area contributed by atoms with Gasteiger partial charge in [-0.05, 0) is 24.5 Å². The normalized spacial score (nSPS) is 18.7. The number of para-hydroxylation sites is 1. The van der Waals surface area contributed by atoms with Crippen LogP contribution in [0.2, 0.25) is 0 Å². The van der Waals surface area contributed by atoms with Crippen LogP contribution in [0.5, 0.6) is 0 Å². The zero-order valence-electron chi connectivity index (χ0n) is 14.2. The molecule has 0 saturated carbocycles. The van der Waals surface area contributed by atoms with Crippen molar-refractivity contribution in [2.45, 2.75) is 44.9 Å². The smallest absolute Gasteiger partial charge is 0.266 e. The molecule has 1 aromatic carbocycles. The van der Waals surface area contributed by atoms with Crippen molar-refractivity contribution in [3.8, 4) is 0 Å². The van der Waals surface area contributed by atoms with Gasteiger partial charge in [-0.15, -0.1) is 0 Å². The van der Waals surface area contributed by atoms with Gasteiger partial charge in [0.15, 0.2) is 6.29 Å². The standard InChI is InChI=1S/C18H23N3O4/c1-12(22)20-16(18(23)21-25-17-8-4-5-9-24-17)10-13-11-19-15-7-3-2-6-14(13)15/h2-3,6-7,11,16-17,19H,4-5,8-10H2,1H3,(H,20,22)(H,21,23)/t16-,17+/m1/s1. The second-order valence-corrected chi connectivity index (χ2v) is 6.20. The Hall–Kier alpha value is -2.38. The van der Waals surface area contributed by atoms with Crippen LogP contribution in [-0.4, -0.2) is 35.7 Å². The van der Waals surface area contributed by atoms with Crippen LogP contribution in [0.4, 0.5) is 0 Å². The highest BCUT2D eigenvalue weighted by atomic mass is 16.8. The lowest BCUT2D eigenvalue weighted by atomic mass is 10.0. The lowest BCUT2D eigenvalue weighted by molar-refractivity contribution is -0.201. The summed E-state index contributed by atoms with van der Waals surface area (Å²) in [6.07, 6.45) is 4.55. The lowest BCUT2D eigenvalue weighted by Crippen LogP contribution is -2.48. The third-order valence-corrected chi connectivity index (χ3v) is 4.22. The van der Waals surface area contributed by atoms with E-state index in [2.05, 4.69) is 15.8 Å². The van der Waals surface area contributed by atoms with E-state index >= 15 is 0 Å². The van der Waals surface area contributed by atoms with Gasteiger partial charge in [0.1, 0.15) is 6.04 Å². The molecule has 0 bridgehead atoms. The maximum atomic E-state index is 12.5. The SMILES string of the molecule is CC(=O)N[C@H](Cc1c[nH]c2ccccc12)C(=O)NO[C@H]1CCCCO1. The van der Waals surface area contributed by atoms with E-state index in [1.807, 2.05) is 30.5 Å². The van der Waals surface area contributed by atoms with Gasteiger partial charge in [0.05, 0.1) is 0 Å². The van der Waals surface area contributed by atoms with Crippen molar-refractivity contribution in [1.82, 2.24) is 15.8 Å². The fraction of sp³-hybridized carbons (Fsp3) is 0.444. The van der Waals surface area contributed by atoms with Crippen LogP contribution in [0.1, 0.15) is 31.7 Å². The average Bonchev–Trinajstić information content (AvgIpc) is 3.03. The number of carbonyl (C=O) groups is 2. The Morgan fingerprint density at radius 2 is 2.20 bits per heavy atom. The summed E-state index contributed by atoms with van der Waals surface area (Å²) in [5.74, 6) is -0.663. The molecule has 2 heterocycles. The number of H-pyrrole nitrogens is 1. The molecule has 0 unspecified atom stereocenters. The number of hydroxylamine groups is 1. The molecule has 0 radical (unpaired) electrons. The van der Waals surface area contributed by atoms with Crippen molar-refractivity contribution < 1.29 is 19.2 Å². The maximum absolute atomic E-state index is 12.5. The van der Waals surface area contributed by atoms with Gasteiger partial charge in [-0.1, -0.05) is 18.2 Å². The quantitative estimate of drug-likeness (QED) is 0.696. The van der Waals surface area contributed by atoms with E-state index in [9.17, 15) is 9.59 Å². The highest BCUT2D eigenvalue weighted by Crippen LogP contribution is 2.19. The Bertz CT molecular complexity index is 737. The topological polar surface area (TPSA) is 92.5 Å². The van der Waals surface area contributed by atoms with Crippen LogP contribution in [0, 0.1) is 0 Å². The van der Waals surface area contributed by atoms with Crippen LogP contribution in [0.25, 0.3) is 10.9 Å². The van der Waals surface area contributed by atoms with Gasteiger partial charge in [-0.25, -0.2) is 10.3 Å². The van der Waals surface area contributed by atoms with E-state index in [1.54, 1.807) is 0 Å². The minimum atomic E-state index is -0.722. The summed E-state index contributed by atoms with van der Waals surface area (Å²) in [6, 6.07) is 7.11. The van der Waals surface area contributed by atoms with Crippen molar-refractivity contribution in [1.29, 1.82) is 0 Å². The van der Waals surface area contributed by atoms with E-state index in [1.165, 1.54) is 6.92 Å². The number of carbonyl (C=O) groups excluding carboxylic acids is 2. The minimum Gasteiger partial charge on any atom is -0.361 e. The largest absolute Gasteiger partial charge is 0.361 e. The third-order valence-electron chi connectivity index (χ3n) is 4.22. The van der Waals surface area contributed by atoms with Crippen LogP contribution < -0.4 is 10.8 Å². The molecule has 2 aromatic rings. The maximum Gasteiger partial charge on any atom is 0.266 e. The highest BCUT2D eigenvalue weighted by molar-refractivity contribution is 5.88. The fourth-order valence-corrected chi connectivity index (χ4v) is 2.97. The summed E-state index contributed by atoms with van der Waals surface area (Å²) in [5, 5.41) is 3.71. The molecule has 25 heavy (non-hydrogen) atoms. The summed E-state index contributed by atoms with van der Waals surface area (Å²) < 4.78 is 5.42. The first kappa shape index (κ1) is 17.4. The number of fused-ring (bicyclic) bond motifs is 1. The number of aromatic amines is 1. The molecule has 1 fully saturated rings. The molecule has 0 aliphatic carbocycles. The van der Waals surface area contributed by atoms with Gasteiger partial charge in [0.2, 0.25) is 5.91 Å². The van der Waals surface area contributed by atoms with Crippen LogP contribution in [-0.2, 0) is 25.6 Å². The van der Waals surface area contributed by atoms with Gasteiger partial charge < -0.3 is 15.0 Å². The zero-order valence-corrected chi connectivity index (χ0v) is 14.2. The summed E-state index contributed by atoms with van der Waals surface area (Å²) in [6.45, 7) is 2.02. The molecule has 7 heteroatoms. The number of hydrogen-bond acceptors (Lipinski definition) is 4. The van der Waals surface area contributed by atoms with Gasteiger partial charge in [-0.3, -0.25) is 9.59 Å². The molecule has 1 aliphatic heterocycles. The zero-order chi connectivity index (χ0) is 17.6. The first-order valence-corrected chi connectivity index (χ1v) is 8.52. The second kappa shape index (κ2) is 8.13. The molecule has 1 saturated heterocycles. The molecule has 7 nitrogen and oxygen atoms in total. The lowest BCUT2D eigenvalue weighted by Gasteiger charge is -2.24. The minimum absolute atomic E-state index is 0.270. The molecule has 2 atom stereocenters. The number of amides is 2. The monoisotopic (exact) mass is 345 g/mol. The Kier molecular flexibility index (Phi) is 5.67. The van der Waals surface area contributed by atoms with Crippen molar-refractivity contribution in [3.05, 3.63) is 36.0 Å². The number of ether oxygens (including phenoxy) is 1. The average molecular weight is 345 g/mol. The van der Waals surface area contributed by atoms with Crippen LogP contribution in [0.3, 0.4) is 0 Å². The van der Waals surface area contributed by atoms with E-state index in [4.69, 9.17) is 9.57 Å². The Balaban J connectivity index is 1.66. The van der Waals surface area contributed by atoms with Gasteiger partial charge in [-0.2, -0.15) is 0 Å².